The van der Waals surface area contributed by atoms with Crippen LogP contribution in [0.1, 0.15) is 5.56 Å². The van der Waals surface area contributed by atoms with Crippen molar-refractivity contribution in [1.29, 1.82) is 0 Å². The van der Waals surface area contributed by atoms with Gasteiger partial charge in [0.25, 0.3) is 0 Å². The van der Waals surface area contributed by atoms with Gasteiger partial charge in [0.15, 0.2) is 0 Å². The van der Waals surface area contributed by atoms with Crippen LogP contribution >= 0.6 is 0 Å². The van der Waals surface area contributed by atoms with Gasteiger partial charge in [-0.2, -0.15) is 0 Å². The number of nitrogens with one attached hydrogen (secondary N) is 2. The zero-order valence-electron chi connectivity index (χ0n) is 11.3. The van der Waals surface area contributed by atoms with Gasteiger partial charge in [0.05, 0.1) is 4.92 Å². The van der Waals surface area contributed by atoms with Crippen LogP contribution in [0, 0.1) is 15.9 Å². The summed E-state index contributed by atoms with van der Waals surface area (Å²) in [5.74, 6) is -0.0634. The third-order valence-corrected chi connectivity index (χ3v) is 2.89. The number of aromatic nitrogens is 2. The highest BCUT2D eigenvalue weighted by atomic mass is 19.1. The quantitative estimate of drug-likeness (QED) is 0.626. The molecule has 21 heavy (non-hydrogen) atoms. The highest BCUT2D eigenvalue weighted by molar-refractivity contribution is 5.68. The van der Waals surface area contributed by atoms with Crippen LogP contribution in [0.15, 0.2) is 30.6 Å². The molecular formula is C13H14FN5O2. The van der Waals surface area contributed by atoms with Gasteiger partial charge in [-0.3, -0.25) is 10.1 Å². The summed E-state index contributed by atoms with van der Waals surface area (Å²) in [7, 11) is 1.54. The Balaban J connectivity index is 2.10. The summed E-state index contributed by atoms with van der Waals surface area (Å²) in [5, 5.41) is 16.6. The predicted octanol–water partition coefficient (Wildman–Crippen LogP) is 2.22. The first kappa shape index (κ1) is 14.6. The normalized spacial score (nSPS) is 10.2. The van der Waals surface area contributed by atoms with Crippen LogP contribution in [0.25, 0.3) is 0 Å². The van der Waals surface area contributed by atoms with Crippen molar-refractivity contribution in [2.45, 2.75) is 6.42 Å². The van der Waals surface area contributed by atoms with E-state index in [1.165, 1.54) is 12.4 Å². The highest BCUT2D eigenvalue weighted by Gasteiger charge is 2.21. The standard InChI is InChI=1S/C13H14FN5O2/c1-15-12-11(19(20)21)13(18-8-17-12)16-7-6-9-4-2-3-5-10(9)14/h2-5,8H,6-7H2,1H3,(H2,15,16,17,18). The lowest BCUT2D eigenvalue weighted by atomic mass is 10.1. The van der Waals surface area contributed by atoms with Crippen molar-refractivity contribution in [3.63, 3.8) is 0 Å². The van der Waals surface area contributed by atoms with Crippen molar-refractivity contribution in [2.75, 3.05) is 24.2 Å². The molecule has 2 N–H and O–H groups in total. The van der Waals surface area contributed by atoms with E-state index in [0.717, 1.165) is 0 Å². The number of nitrogens with zero attached hydrogens (tertiary/aromatic N) is 3. The molecular weight excluding hydrogens is 277 g/mol. The number of rotatable bonds is 6. The second-order valence-electron chi connectivity index (χ2n) is 4.19. The highest BCUT2D eigenvalue weighted by Crippen LogP contribution is 2.28. The number of nitro groups is 1. The van der Waals surface area contributed by atoms with Crippen LogP contribution in [0.5, 0.6) is 0 Å². The fraction of sp³-hybridized carbons (Fsp3) is 0.231. The Bertz CT molecular complexity index is 650. The lowest BCUT2D eigenvalue weighted by molar-refractivity contribution is -0.383. The topological polar surface area (TPSA) is 93.0 Å². The van der Waals surface area contributed by atoms with E-state index in [-0.39, 0.29) is 23.1 Å². The van der Waals surface area contributed by atoms with Crippen molar-refractivity contribution in [3.8, 4) is 0 Å². The van der Waals surface area contributed by atoms with Gasteiger partial charge in [0, 0.05) is 13.6 Å². The molecule has 0 unspecified atom stereocenters. The van der Waals surface area contributed by atoms with Gasteiger partial charge in [0.1, 0.15) is 12.1 Å². The van der Waals surface area contributed by atoms with Gasteiger partial charge < -0.3 is 10.6 Å². The van der Waals surface area contributed by atoms with E-state index >= 15 is 0 Å². The minimum absolute atomic E-state index is 0.107. The Morgan fingerprint density at radius 1 is 1.29 bits per heavy atom. The van der Waals surface area contributed by atoms with Crippen LogP contribution < -0.4 is 10.6 Å². The lowest BCUT2D eigenvalue weighted by Gasteiger charge is -2.08. The molecule has 0 spiro atoms. The van der Waals surface area contributed by atoms with Gasteiger partial charge in [-0.15, -0.1) is 0 Å². The molecule has 0 aliphatic heterocycles. The molecule has 0 aliphatic rings. The average molecular weight is 291 g/mol. The number of anilines is 2. The summed E-state index contributed by atoms with van der Waals surface area (Å²) in [4.78, 5) is 18.2. The molecule has 7 nitrogen and oxygen atoms in total. The van der Waals surface area contributed by atoms with Gasteiger partial charge >= 0.3 is 5.69 Å². The fourth-order valence-electron chi connectivity index (χ4n) is 1.88. The van der Waals surface area contributed by atoms with Crippen LogP contribution in [0.2, 0.25) is 0 Å². The Kier molecular flexibility index (Phi) is 4.60. The van der Waals surface area contributed by atoms with E-state index in [9.17, 15) is 14.5 Å². The summed E-state index contributed by atoms with van der Waals surface area (Å²) in [6.07, 6.45) is 1.62. The molecule has 0 saturated carbocycles. The first-order valence-electron chi connectivity index (χ1n) is 6.28. The number of hydrogen-bond donors (Lipinski definition) is 2. The zero-order valence-corrected chi connectivity index (χ0v) is 11.3. The minimum Gasteiger partial charge on any atom is -0.367 e. The number of hydrogen-bond acceptors (Lipinski definition) is 6. The van der Waals surface area contributed by atoms with Crippen LogP contribution in [-0.2, 0) is 6.42 Å². The maximum Gasteiger partial charge on any atom is 0.353 e. The summed E-state index contributed by atoms with van der Waals surface area (Å²) in [6, 6.07) is 6.40. The molecule has 0 fully saturated rings. The van der Waals surface area contributed by atoms with Crippen molar-refractivity contribution in [3.05, 3.63) is 52.1 Å². The first-order valence-corrected chi connectivity index (χ1v) is 6.28. The summed E-state index contributed by atoms with van der Waals surface area (Å²) in [6.45, 7) is 0.321. The Labute approximate surface area is 120 Å². The van der Waals surface area contributed by atoms with E-state index in [1.807, 2.05) is 0 Å². The molecule has 0 atom stereocenters. The van der Waals surface area contributed by atoms with E-state index in [4.69, 9.17) is 0 Å². The SMILES string of the molecule is CNc1ncnc(NCCc2ccccc2F)c1[N+](=O)[O-]. The molecule has 110 valence electrons. The number of benzene rings is 1. The largest absolute Gasteiger partial charge is 0.367 e. The predicted molar refractivity (Wildman–Crippen MR) is 76.8 cm³/mol. The van der Waals surface area contributed by atoms with Gasteiger partial charge in [-0.1, -0.05) is 18.2 Å². The van der Waals surface area contributed by atoms with E-state index in [1.54, 1.807) is 25.2 Å². The van der Waals surface area contributed by atoms with E-state index in [2.05, 4.69) is 20.6 Å². The van der Waals surface area contributed by atoms with Crippen LogP contribution in [0.3, 0.4) is 0 Å². The molecule has 8 heteroatoms. The maximum absolute atomic E-state index is 13.5. The van der Waals surface area contributed by atoms with Crippen LogP contribution in [0.4, 0.5) is 21.7 Å². The number of halogens is 1. The maximum atomic E-state index is 13.5. The zero-order chi connectivity index (χ0) is 15.2. The molecule has 2 aromatic rings. The molecule has 1 aromatic carbocycles. The van der Waals surface area contributed by atoms with E-state index in [0.29, 0.717) is 18.5 Å². The summed E-state index contributed by atoms with van der Waals surface area (Å²) < 4.78 is 13.5. The minimum atomic E-state index is -0.558. The van der Waals surface area contributed by atoms with Gasteiger partial charge in [0.2, 0.25) is 11.6 Å². The van der Waals surface area contributed by atoms with Crippen molar-refractivity contribution in [2.24, 2.45) is 0 Å². The summed E-state index contributed by atoms with van der Waals surface area (Å²) in [5.41, 5.74) is 0.309. The molecule has 0 amide bonds. The Morgan fingerprint density at radius 3 is 2.67 bits per heavy atom. The van der Waals surface area contributed by atoms with Crippen molar-refractivity contribution in [1.82, 2.24) is 9.97 Å². The second-order valence-corrected chi connectivity index (χ2v) is 4.19. The van der Waals surface area contributed by atoms with Crippen LogP contribution in [-0.4, -0.2) is 28.5 Å². The smallest absolute Gasteiger partial charge is 0.353 e. The third kappa shape index (κ3) is 3.41. The molecule has 0 radical (unpaired) electrons. The Hall–Kier alpha value is -2.77. The molecule has 2 rings (SSSR count). The molecule has 1 aromatic heterocycles. The molecule has 0 saturated heterocycles. The molecule has 0 aliphatic carbocycles. The average Bonchev–Trinajstić information content (AvgIpc) is 2.48. The summed E-state index contributed by atoms with van der Waals surface area (Å²) >= 11 is 0. The monoisotopic (exact) mass is 291 g/mol. The van der Waals surface area contributed by atoms with Gasteiger partial charge in [-0.05, 0) is 18.1 Å². The van der Waals surface area contributed by atoms with Crippen molar-refractivity contribution >= 4 is 17.3 Å². The second kappa shape index (κ2) is 6.60. The first-order chi connectivity index (χ1) is 10.1. The fourth-order valence-corrected chi connectivity index (χ4v) is 1.88. The molecule has 1 heterocycles. The van der Waals surface area contributed by atoms with Gasteiger partial charge in [-0.25, -0.2) is 14.4 Å². The Morgan fingerprint density at radius 2 is 2.00 bits per heavy atom. The third-order valence-electron chi connectivity index (χ3n) is 2.89. The lowest BCUT2D eigenvalue weighted by Crippen LogP contribution is -2.11. The molecule has 0 bridgehead atoms. The van der Waals surface area contributed by atoms with E-state index < -0.39 is 4.92 Å². The van der Waals surface area contributed by atoms with Crippen molar-refractivity contribution < 1.29 is 9.31 Å².